The van der Waals surface area contributed by atoms with Gasteiger partial charge in [0.25, 0.3) is 0 Å². The molecule has 5 nitrogen and oxygen atoms in total. The molecule has 0 aromatic carbocycles. The summed E-state index contributed by atoms with van der Waals surface area (Å²) in [6.07, 6.45) is 0. The van der Waals surface area contributed by atoms with E-state index in [-0.39, 0.29) is 23.6 Å². The number of nitrogens with zero attached hydrogens (tertiary/aromatic N) is 1. The van der Waals surface area contributed by atoms with Crippen molar-refractivity contribution in [3.8, 4) is 0 Å². The highest BCUT2D eigenvalue weighted by molar-refractivity contribution is 6.30. The smallest absolute Gasteiger partial charge is 0.342 e. The summed E-state index contributed by atoms with van der Waals surface area (Å²) in [5.41, 5.74) is 5.02. The molecule has 0 atom stereocenters. The summed E-state index contributed by atoms with van der Waals surface area (Å²) in [7, 11) is 2.56. The molecule has 1 aromatic heterocycles. The first-order chi connectivity index (χ1) is 7.52. The molecule has 0 aliphatic rings. The van der Waals surface area contributed by atoms with E-state index in [0.717, 1.165) is 7.11 Å². The third kappa shape index (κ3) is 2.23. The third-order valence-corrected chi connectivity index (χ3v) is 2.13. The van der Waals surface area contributed by atoms with Gasteiger partial charge in [0.2, 0.25) is 0 Å². The van der Waals surface area contributed by atoms with Gasteiger partial charge in [-0.2, -0.15) is 0 Å². The van der Waals surface area contributed by atoms with Gasteiger partial charge in [-0.3, -0.25) is 0 Å². The second-order valence-corrected chi connectivity index (χ2v) is 3.23. The highest BCUT2D eigenvalue weighted by Crippen LogP contribution is 2.25. The number of hydrogen-bond acceptors (Lipinski definition) is 5. The zero-order valence-electron chi connectivity index (χ0n) is 8.71. The molecule has 0 aliphatic carbocycles. The molecule has 16 heavy (non-hydrogen) atoms. The van der Waals surface area contributed by atoms with Gasteiger partial charge >= 0.3 is 5.97 Å². The van der Waals surface area contributed by atoms with Crippen LogP contribution in [0, 0.1) is 5.82 Å². The van der Waals surface area contributed by atoms with E-state index in [2.05, 4.69) is 9.72 Å². The topological polar surface area (TPSA) is 74.4 Å². The molecule has 0 saturated heterocycles. The number of rotatable bonds is 3. The number of anilines is 1. The predicted molar refractivity (Wildman–Crippen MR) is 55.7 cm³/mol. The van der Waals surface area contributed by atoms with Crippen LogP contribution >= 0.6 is 11.6 Å². The maximum Gasteiger partial charge on any atom is 0.342 e. The number of pyridine rings is 1. The van der Waals surface area contributed by atoms with Crippen LogP contribution < -0.4 is 5.73 Å². The van der Waals surface area contributed by atoms with Crippen LogP contribution in [0.4, 0.5) is 10.1 Å². The zero-order chi connectivity index (χ0) is 12.3. The summed E-state index contributed by atoms with van der Waals surface area (Å²) < 4.78 is 22.6. The maximum atomic E-state index is 13.3. The Morgan fingerprint density at radius 1 is 1.56 bits per heavy atom. The number of hydrogen-bond donors (Lipinski definition) is 1. The van der Waals surface area contributed by atoms with Crippen LogP contribution in [0.25, 0.3) is 0 Å². The molecule has 0 unspecified atom stereocenters. The molecular formula is C9H10ClFN2O3. The predicted octanol–water partition coefficient (Wildman–Crippen LogP) is 1.39. The molecule has 1 heterocycles. The summed E-state index contributed by atoms with van der Waals surface area (Å²) in [5.74, 6) is -1.73. The highest BCUT2D eigenvalue weighted by atomic mass is 35.5. The number of carbonyl (C=O) groups is 1. The van der Waals surface area contributed by atoms with E-state index in [1.54, 1.807) is 0 Å². The van der Waals surface area contributed by atoms with E-state index in [0.29, 0.717) is 0 Å². The summed E-state index contributed by atoms with van der Waals surface area (Å²) in [4.78, 5) is 15.1. The third-order valence-electron chi connectivity index (χ3n) is 1.88. The van der Waals surface area contributed by atoms with Crippen molar-refractivity contribution in [3.05, 3.63) is 22.2 Å². The number of aromatic nitrogens is 1. The second-order valence-electron chi connectivity index (χ2n) is 2.88. The first-order valence-corrected chi connectivity index (χ1v) is 4.61. The van der Waals surface area contributed by atoms with E-state index in [9.17, 15) is 9.18 Å². The maximum absolute atomic E-state index is 13.3. The zero-order valence-corrected chi connectivity index (χ0v) is 9.47. The number of carbonyl (C=O) groups excluding carboxylic acids is 1. The van der Waals surface area contributed by atoms with Crippen LogP contribution in [-0.2, 0) is 16.1 Å². The highest BCUT2D eigenvalue weighted by Gasteiger charge is 2.22. The normalized spacial score (nSPS) is 10.2. The molecule has 0 amide bonds. The number of halogens is 2. The van der Waals surface area contributed by atoms with Gasteiger partial charge in [0, 0.05) is 7.11 Å². The van der Waals surface area contributed by atoms with Gasteiger partial charge in [0.15, 0.2) is 11.0 Å². The number of nitrogens with two attached hydrogens (primary N) is 1. The van der Waals surface area contributed by atoms with Crippen molar-refractivity contribution in [2.45, 2.75) is 6.61 Å². The number of esters is 1. The molecule has 0 bridgehead atoms. The van der Waals surface area contributed by atoms with Gasteiger partial charge < -0.3 is 15.2 Å². The SMILES string of the molecule is COCc1nc(Cl)c(F)c(N)c1C(=O)OC. The minimum atomic E-state index is -0.943. The summed E-state index contributed by atoms with van der Waals surface area (Å²) >= 11 is 5.50. The molecular weight excluding hydrogens is 239 g/mol. The molecule has 0 saturated carbocycles. The molecule has 0 fully saturated rings. The molecule has 7 heteroatoms. The van der Waals surface area contributed by atoms with Crippen molar-refractivity contribution in [2.75, 3.05) is 20.0 Å². The first kappa shape index (κ1) is 12.7. The fourth-order valence-corrected chi connectivity index (χ4v) is 1.37. The van der Waals surface area contributed by atoms with E-state index >= 15 is 0 Å². The minimum absolute atomic E-state index is 0.0192. The number of ether oxygens (including phenoxy) is 2. The monoisotopic (exact) mass is 248 g/mol. The van der Waals surface area contributed by atoms with E-state index in [1.807, 2.05) is 0 Å². The van der Waals surface area contributed by atoms with Crippen molar-refractivity contribution >= 4 is 23.3 Å². The standard InChI is InChI=1S/C9H10ClFN2O3/c1-15-3-4-5(9(14)16-2)7(12)6(11)8(10)13-4/h3H2,1-2H3,(H2,12,13). The van der Waals surface area contributed by atoms with Crippen molar-refractivity contribution in [1.82, 2.24) is 4.98 Å². The average molecular weight is 249 g/mol. The Balaban J connectivity index is 3.41. The molecule has 1 rings (SSSR count). The van der Waals surface area contributed by atoms with Gasteiger partial charge in [-0.25, -0.2) is 14.2 Å². The number of methoxy groups -OCH3 is 2. The lowest BCUT2D eigenvalue weighted by molar-refractivity contribution is 0.0595. The molecule has 0 aliphatic heterocycles. The van der Waals surface area contributed by atoms with Gasteiger partial charge in [0.1, 0.15) is 5.56 Å². The van der Waals surface area contributed by atoms with Crippen LogP contribution in [0.5, 0.6) is 0 Å². The van der Waals surface area contributed by atoms with Crippen LogP contribution in [0.2, 0.25) is 5.15 Å². The Labute approximate surface area is 96.3 Å². The summed E-state index contributed by atoms with van der Waals surface area (Å²) in [6.45, 7) is -0.0192. The number of nitrogen functional groups attached to an aromatic ring is 1. The van der Waals surface area contributed by atoms with Crippen LogP contribution in [0.1, 0.15) is 16.1 Å². The van der Waals surface area contributed by atoms with Gasteiger partial charge in [-0.1, -0.05) is 11.6 Å². The van der Waals surface area contributed by atoms with E-state index in [1.165, 1.54) is 7.11 Å². The van der Waals surface area contributed by atoms with Crippen molar-refractivity contribution in [3.63, 3.8) is 0 Å². The molecule has 0 radical (unpaired) electrons. The van der Waals surface area contributed by atoms with E-state index < -0.39 is 16.9 Å². The van der Waals surface area contributed by atoms with Gasteiger partial charge in [-0.15, -0.1) is 0 Å². The molecule has 2 N–H and O–H groups in total. The summed E-state index contributed by atoms with van der Waals surface area (Å²) in [5, 5.41) is -0.405. The van der Waals surface area contributed by atoms with E-state index in [4.69, 9.17) is 22.1 Å². The lowest BCUT2D eigenvalue weighted by atomic mass is 10.1. The Kier molecular flexibility index (Phi) is 4.03. The van der Waals surface area contributed by atoms with Crippen LogP contribution in [-0.4, -0.2) is 25.2 Å². The second kappa shape index (κ2) is 5.09. The van der Waals surface area contributed by atoms with Crippen molar-refractivity contribution in [1.29, 1.82) is 0 Å². The lowest BCUT2D eigenvalue weighted by Crippen LogP contribution is -2.14. The van der Waals surface area contributed by atoms with Gasteiger partial charge in [0.05, 0.1) is 25.1 Å². The fraction of sp³-hybridized carbons (Fsp3) is 0.333. The Bertz CT molecular complexity index is 426. The molecule has 1 aromatic rings. The Morgan fingerprint density at radius 2 is 2.19 bits per heavy atom. The van der Waals surface area contributed by atoms with Crippen LogP contribution in [0.3, 0.4) is 0 Å². The lowest BCUT2D eigenvalue weighted by Gasteiger charge is -2.10. The Hall–Kier alpha value is -1.40. The quantitative estimate of drug-likeness (QED) is 0.646. The fourth-order valence-electron chi connectivity index (χ4n) is 1.17. The largest absolute Gasteiger partial charge is 0.465 e. The van der Waals surface area contributed by atoms with Crippen molar-refractivity contribution < 1.29 is 18.7 Å². The van der Waals surface area contributed by atoms with Gasteiger partial charge in [-0.05, 0) is 0 Å². The summed E-state index contributed by atoms with van der Waals surface area (Å²) in [6, 6.07) is 0. The minimum Gasteiger partial charge on any atom is -0.465 e. The van der Waals surface area contributed by atoms with Crippen LogP contribution in [0.15, 0.2) is 0 Å². The Morgan fingerprint density at radius 3 is 2.69 bits per heavy atom. The first-order valence-electron chi connectivity index (χ1n) is 4.23. The molecule has 0 spiro atoms. The average Bonchev–Trinajstić information content (AvgIpc) is 2.26. The van der Waals surface area contributed by atoms with Crippen molar-refractivity contribution in [2.24, 2.45) is 0 Å². The molecule has 88 valence electrons.